The molecule has 0 spiro atoms. The third-order valence-electron chi connectivity index (χ3n) is 10.2. The number of hydrogen-bond donors (Lipinski definition) is 13. The van der Waals surface area contributed by atoms with Crippen LogP contribution in [0.2, 0.25) is 0 Å². The molecule has 350 valence electrons. The van der Waals surface area contributed by atoms with Crippen molar-refractivity contribution in [2.75, 3.05) is 25.4 Å². The lowest BCUT2D eigenvalue weighted by Gasteiger charge is -2.25. The van der Waals surface area contributed by atoms with E-state index in [2.05, 4.69) is 52.5 Å². The molecule has 15 N–H and O–H groups in total. The van der Waals surface area contributed by atoms with Gasteiger partial charge in [0.25, 0.3) is 0 Å². The molecule has 1 aromatic heterocycles. The Balaban J connectivity index is 1.40. The van der Waals surface area contributed by atoms with E-state index in [0.29, 0.717) is 43.2 Å². The number of rotatable bonds is 29. The van der Waals surface area contributed by atoms with E-state index < -0.39 is 90.8 Å². The number of nitrogens with one attached hydrogen (secondary N) is 10. The van der Waals surface area contributed by atoms with Gasteiger partial charge in [-0.25, -0.2) is 15.3 Å². The number of unbranched alkanes of at least 4 members (excludes halogenated alkanes) is 2. The molecule has 0 aliphatic carbocycles. The number of thioether (sulfide) groups is 1. The van der Waals surface area contributed by atoms with Crippen LogP contribution in [0.25, 0.3) is 0 Å². The quantitative estimate of drug-likeness (QED) is 0.0161. The zero-order chi connectivity index (χ0) is 46.5. The van der Waals surface area contributed by atoms with Gasteiger partial charge in [0.1, 0.15) is 18.1 Å². The molecule has 0 bridgehead atoms. The minimum atomic E-state index is -1.60. The van der Waals surface area contributed by atoms with Crippen LogP contribution in [0, 0.1) is 11.8 Å². The molecule has 0 saturated carbocycles. The zero-order valence-electron chi connectivity index (χ0n) is 35.4. The van der Waals surface area contributed by atoms with Crippen LogP contribution < -0.4 is 59.5 Å². The molecule has 63 heavy (non-hydrogen) atoms. The van der Waals surface area contributed by atoms with Crippen molar-refractivity contribution in [3.05, 3.63) is 18.2 Å². The van der Waals surface area contributed by atoms with Gasteiger partial charge >= 0.3 is 6.03 Å². The van der Waals surface area contributed by atoms with Crippen LogP contribution in [-0.4, -0.2) is 135 Å². The fourth-order valence-corrected chi connectivity index (χ4v) is 8.59. The Morgan fingerprint density at radius 2 is 1.54 bits per heavy atom. The predicted molar refractivity (Wildman–Crippen MR) is 225 cm³/mol. The highest BCUT2D eigenvalue weighted by Gasteiger charge is 2.42. The average Bonchev–Trinajstić information content (AvgIpc) is 3.97. The number of fused-ring (bicyclic) bond motifs is 1. The van der Waals surface area contributed by atoms with Crippen molar-refractivity contribution >= 4 is 71.0 Å². The lowest BCUT2D eigenvalue weighted by atomic mass is 9.92. The lowest BCUT2D eigenvalue weighted by molar-refractivity contribution is -0.137. The predicted octanol–water partition coefficient (Wildman–Crippen LogP) is -3.43. The summed E-state index contributed by atoms with van der Waals surface area (Å²) >= 11 is 1.82. The summed E-state index contributed by atoms with van der Waals surface area (Å²) in [4.78, 5) is 131. The molecule has 0 aromatic carbocycles. The van der Waals surface area contributed by atoms with Crippen LogP contribution in [0.3, 0.4) is 0 Å². The first-order valence-electron chi connectivity index (χ1n) is 20.8. The molecule has 24 nitrogen and oxygen atoms in total. The zero-order valence-corrected chi connectivity index (χ0v) is 36.2. The maximum atomic E-state index is 13.5. The first-order chi connectivity index (χ1) is 29.9. The Hall–Kier alpha value is -5.98. The van der Waals surface area contributed by atoms with Gasteiger partial charge in [-0.05, 0) is 44.4 Å². The van der Waals surface area contributed by atoms with Crippen molar-refractivity contribution < 1.29 is 53.2 Å². The first-order valence-corrected chi connectivity index (χ1v) is 21.9. The fraction of sp³-hybridized carbons (Fsp3) is 0.658. The van der Waals surface area contributed by atoms with Crippen LogP contribution in [0.15, 0.2) is 12.5 Å². The number of aromatic amines is 1. The molecule has 3 heterocycles. The number of hydroxylamine groups is 1. The van der Waals surface area contributed by atoms with Crippen LogP contribution in [0.4, 0.5) is 4.79 Å². The normalized spacial score (nSPS) is 18.3. The van der Waals surface area contributed by atoms with Gasteiger partial charge in [0.15, 0.2) is 0 Å². The van der Waals surface area contributed by atoms with Crippen LogP contribution >= 0.6 is 11.8 Å². The van der Waals surface area contributed by atoms with E-state index in [1.54, 1.807) is 0 Å². The number of nitrogens with zero attached hydrogens (tertiary/aromatic N) is 1. The molecule has 7 atom stereocenters. The number of amides is 11. The minimum Gasteiger partial charge on any atom is -0.370 e. The van der Waals surface area contributed by atoms with Gasteiger partial charge in [-0.15, -0.1) is 0 Å². The number of hydrogen-bond acceptors (Lipinski definition) is 13. The second-order valence-electron chi connectivity index (χ2n) is 15.9. The summed E-state index contributed by atoms with van der Waals surface area (Å²) in [7, 11) is 0. The minimum absolute atomic E-state index is 0.0433. The molecular weight excluding hydrogens is 847 g/mol. The fourth-order valence-electron chi connectivity index (χ4n) is 7.05. The topological polar surface area (TPSA) is 380 Å². The van der Waals surface area contributed by atoms with Crippen LogP contribution in [0.1, 0.15) is 83.7 Å². The standard InChI is InChI=1S/C38H61N13O11S/c1-20(2)11-21(12-30(54)51-62)35(58)47-24(13-22-15-41-19-45-22)37(60)48-25(14-28(39)52)36(59)44-16-31(55)43-17-32(56)46-23(34(40)57)7-5-6-10-42-29(53)9-4-3-8-27-33-26(18-63-27)49-38(61)50-33/h15,19-21,23-27,33,62H,3-14,16-18H2,1-2H3,(H2,39,52)(H2,40,57)(H,41,45)(H,42,53)(H,43,55)(H,44,59)(H,46,56)(H,47,58)(H,48,60)(H,51,54)(H2,49,50,61)/t21?,23-,24-,25-,26-,27-,33-/m0/s1. The number of primary amides is 2. The summed E-state index contributed by atoms with van der Waals surface area (Å²) in [5, 5.41) is 29.9. The van der Waals surface area contributed by atoms with Crippen molar-refractivity contribution in [3.8, 4) is 0 Å². The smallest absolute Gasteiger partial charge is 0.315 e. The van der Waals surface area contributed by atoms with Gasteiger partial charge in [0.05, 0.1) is 37.9 Å². The Kier molecular flexibility index (Phi) is 21.6. The number of nitrogens with two attached hydrogens (primary N) is 2. The number of carbonyl (C=O) groups is 10. The summed E-state index contributed by atoms with van der Waals surface area (Å²) in [5.41, 5.74) is 12.7. The summed E-state index contributed by atoms with van der Waals surface area (Å²) < 4.78 is 0. The van der Waals surface area contributed by atoms with E-state index in [4.69, 9.17) is 16.7 Å². The molecule has 11 amide bonds. The van der Waals surface area contributed by atoms with Gasteiger partial charge in [0, 0.05) is 54.6 Å². The van der Waals surface area contributed by atoms with Gasteiger partial charge in [-0.1, -0.05) is 20.3 Å². The second-order valence-corrected chi connectivity index (χ2v) is 17.1. The van der Waals surface area contributed by atoms with E-state index in [0.717, 1.165) is 18.6 Å². The highest BCUT2D eigenvalue weighted by atomic mass is 32.2. The molecule has 3 rings (SSSR count). The Bertz CT molecular complexity index is 1770. The van der Waals surface area contributed by atoms with Crippen LogP contribution in [-0.2, 0) is 49.6 Å². The second kappa shape index (κ2) is 26.5. The summed E-state index contributed by atoms with van der Waals surface area (Å²) in [6.07, 6.45) is 5.71. The number of urea groups is 1. The van der Waals surface area contributed by atoms with Gasteiger partial charge in [0.2, 0.25) is 53.2 Å². The van der Waals surface area contributed by atoms with Crippen LogP contribution in [0.5, 0.6) is 0 Å². The van der Waals surface area contributed by atoms with Crippen molar-refractivity contribution in [1.29, 1.82) is 0 Å². The first kappa shape index (κ1) is 51.4. The van der Waals surface area contributed by atoms with Crippen molar-refractivity contribution in [2.24, 2.45) is 23.3 Å². The number of carbonyl (C=O) groups excluding carboxylic acids is 10. The Morgan fingerprint density at radius 1 is 0.810 bits per heavy atom. The van der Waals surface area contributed by atoms with E-state index in [1.807, 2.05) is 25.6 Å². The van der Waals surface area contributed by atoms with E-state index >= 15 is 0 Å². The molecule has 0 radical (unpaired) electrons. The SMILES string of the molecule is CC(C)CC(CC(=O)NO)C(=O)N[C@@H](Cc1cnc[nH]1)C(=O)N[C@@H](CC(N)=O)C(=O)NCC(=O)NCC(=O)N[C@@H](CCCCNC(=O)CCCC[C@@H]1SC[C@@H]2NC(=O)N[C@@H]21)C(N)=O. The maximum Gasteiger partial charge on any atom is 0.315 e. The summed E-state index contributed by atoms with van der Waals surface area (Å²) in [5.74, 6) is -6.99. The molecule has 2 fully saturated rings. The highest BCUT2D eigenvalue weighted by Crippen LogP contribution is 2.33. The molecule has 2 saturated heterocycles. The third kappa shape index (κ3) is 18.9. The molecule has 1 unspecified atom stereocenters. The number of aromatic nitrogens is 2. The van der Waals surface area contributed by atoms with Gasteiger partial charge < -0.3 is 59.0 Å². The van der Waals surface area contributed by atoms with Crippen molar-refractivity contribution in [3.63, 3.8) is 0 Å². The highest BCUT2D eigenvalue weighted by molar-refractivity contribution is 8.00. The molecule has 2 aliphatic rings. The summed E-state index contributed by atoms with van der Waals surface area (Å²) in [6, 6.07) is -3.85. The van der Waals surface area contributed by atoms with Gasteiger partial charge in [-0.2, -0.15) is 11.8 Å². The van der Waals surface area contributed by atoms with Crippen molar-refractivity contribution in [2.45, 2.75) is 120 Å². The van der Waals surface area contributed by atoms with Gasteiger partial charge in [-0.3, -0.25) is 48.4 Å². The average molecular weight is 908 g/mol. The number of H-pyrrole nitrogens is 1. The lowest BCUT2D eigenvalue weighted by Crippen LogP contribution is -2.56. The Morgan fingerprint density at radius 3 is 2.21 bits per heavy atom. The maximum absolute atomic E-state index is 13.5. The van der Waals surface area contributed by atoms with Crippen molar-refractivity contribution in [1.82, 2.24) is 58.0 Å². The number of imidazole rings is 1. The summed E-state index contributed by atoms with van der Waals surface area (Å²) in [6.45, 7) is 2.71. The largest absolute Gasteiger partial charge is 0.370 e. The Labute approximate surface area is 368 Å². The third-order valence-corrected chi connectivity index (χ3v) is 11.7. The monoisotopic (exact) mass is 907 g/mol. The van der Waals surface area contributed by atoms with E-state index in [1.165, 1.54) is 18.0 Å². The van der Waals surface area contributed by atoms with E-state index in [-0.39, 0.29) is 55.6 Å². The molecular formula is C38H61N13O11S. The van der Waals surface area contributed by atoms with E-state index in [9.17, 15) is 47.9 Å². The molecule has 25 heteroatoms. The molecule has 2 aliphatic heterocycles. The molecule has 1 aromatic rings.